The number of methoxy groups -OCH3 is 1. The minimum Gasteiger partial charge on any atom is -0.496 e. The van der Waals surface area contributed by atoms with E-state index in [4.69, 9.17) is 4.74 Å². The van der Waals surface area contributed by atoms with E-state index in [0.29, 0.717) is 16.7 Å². The Hall–Kier alpha value is -1.16. The third-order valence-electron chi connectivity index (χ3n) is 6.99. The first-order chi connectivity index (χ1) is 12.6. The highest BCUT2D eigenvalue weighted by molar-refractivity contribution is 7.98. The summed E-state index contributed by atoms with van der Waals surface area (Å²) < 4.78 is 5.41. The molecule has 142 valence electrons. The molecule has 0 unspecified atom stereocenters. The molecule has 0 aliphatic heterocycles. The Labute approximate surface area is 161 Å². The Bertz CT molecular complexity index is 637. The molecule has 0 radical (unpaired) electrons. The standard InChI is InChI=1S/C22H31NO2S/c1-25-20-11-18(26-2)4-5-19(20)21(24)23-7-3-6-22-12-15-8-16(13-22)10-17(9-15)14-22/h4-5,11,15-17H,3,6-10,12-14H2,1-2H3,(H,23,24). The van der Waals surface area contributed by atoms with Gasteiger partial charge < -0.3 is 10.1 Å². The number of benzene rings is 1. The van der Waals surface area contributed by atoms with Gasteiger partial charge in [-0.05, 0) is 99.0 Å². The van der Waals surface area contributed by atoms with Crippen LogP contribution in [0.2, 0.25) is 0 Å². The van der Waals surface area contributed by atoms with Gasteiger partial charge in [0.05, 0.1) is 12.7 Å². The Kier molecular flexibility index (Phi) is 5.22. The van der Waals surface area contributed by atoms with E-state index in [1.165, 1.54) is 44.9 Å². The van der Waals surface area contributed by atoms with Crippen LogP contribution < -0.4 is 10.1 Å². The Balaban J connectivity index is 1.29. The van der Waals surface area contributed by atoms with Gasteiger partial charge in [-0.2, -0.15) is 0 Å². The van der Waals surface area contributed by atoms with Crippen LogP contribution >= 0.6 is 11.8 Å². The summed E-state index contributed by atoms with van der Waals surface area (Å²) in [5.41, 5.74) is 1.25. The van der Waals surface area contributed by atoms with Gasteiger partial charge in [-0.15, -0.1) is 11.8 Å². The van der Waals surface area contributed by atoms with Crippen LogP contribution in [0.1, 0.15) is 61.7 Å². The second kappa shape index (κ2) is 7.46. The van der Waals surface area contributed by atoms with E-state index in [1.54, 1.807) is 18.9 Å². The van der Waals surface area contributed by atoms with Crippen LogP contribution in [0.25, 0.3) is 0 Å². The molecule has 1 amide bonds. The highest BCUT2D eigenvalue weighted by Gasteiger charge is 2.50. The van der Waals surface area contributed by atoms with Crippen LogP contribution in [0.15, 0.2) is 23.1 Å². The monoisotopic (exact) mass is 373 g/mol. The highest BCUT2D eigenvalue weighted by Crippen LogP contribution is 2.61. The number of carbonyl (C=O) groups excluding carboxylic acids is 1. The summed E-state index contributed by atoms with van der Waals surface area (Å²) in [5, 5.41) is 3.12. The van der Waals surface area contributed by atoms with Crippen LogP contribution in [0.3, 0.4) is 0 Å². The molecule has 4 bridgehead atoms. The molecule has 4 saturated carbocycles. The quantitative estimate of drug-likeness (QED) is 0.531. The fraction of sp³-hybridized carbons (Fsp3) is 0.682. The zero-order valence-electron chi connectivity index (χ0n) is 16.1. The molecule has 4 heteroatoms. The SMILES string of the molecule is COc1cc(SC)ccc1C(=O)NCCCC12CC3CC(CC(C3)C1)C2. The maximum Gasteiger partial charge on any atom is 0.255 e. The number of thioether (sulfide) groups is 1. The van der Waals surface area contributed by atoms with E-state index < -0.39 is 0 Å². The average Bonchev–Trinajstić information content (AvgIpc) is 2.63. The molecular formula is C22H31NO2S. The summed E-state index contributed by atoms with van der Waals surface area (Å²) in [4.78, 5) is 13.7. The number of nitrogens with one attached hydrogen (secondary N) is 1. The van der Waals surface area contributed by atoms with Crippen LogP contribution in [-0.4, -0.2) is 25.8 Å². The number of hydrogen-bond donors (Lipinski definition) is 1. The van der Waals surface area contributed by atoms with Gasteiger partial charge in [0.15, 0.2) is 0 Å². The zero-order valence-corrected chi connectivity index (χ0v) is 16.9. The molecule has 1 aromatic carbocycles. The lowest BCUT2D eigenvalue weighted by Gasteiger charge is -2.57. The smallest absolute Gasteiger partial charge is 0.255 e. The van der Waals surface area contributed by atoms with Crippen LogP contribution in [0.5, 0.6) is 5.75 Å². The molecule has 1 aromatic rings. The van der Waals surface area contributed by atoms with Crippen LogP contribution in [-0.2, 0) is 0 Å². The van der Waals surface area contributed by atoms with Gasteiger partial charge in [0.1, 0.15) is 5.75 Å². The molecule has 4 aliphatic carbocycles. The van der Waals surface area contributed by atoms with Gasteiger partial charge in [-0.25, -0.2) is 0 Å². The summed E-state index contributed by atoms with van der Waals surface area (Å²) in [6.45, 7) is 0.772. The fourth-order valence-corrected chi connectivity index (χ4v) is 6.77. The molecule has 3 nitrogen and oxygen atoms in total. The molecule has 26 heavy (non-hydrogen) atoms. The van der Waals surface area contributed by atoms with E-state index in [-0.39, 0.29) is 5.91 Å². The van der Waals surface area contributed by atoms with E-state index in [2.05, 4.69) is 5.32 Å². The topological polar surface area (TPSA) is 38.3 Å². The van der Waals surface area contributed by atoms with E-state index in [1.807, 2.05) is 24.5 Å². The summed E-state index contributed by atoms with van der Waals surface area (Å²) >= 11 is 1.66. The first kappa shape index (κ1) is 18.2. The molecule has 0 aromatic heterocycles. The van der Waals surface area contributed by atoms with Gasteiger partial charge in [-0.1, -0.05) is 0 Å². The minimum atomic E-state index is -0.0139. The van der Waals surface area contributed by atoms with Crippen LogP contribution in [0, 0.1) is 23.2 Å². The van der Waals surface area contributed by atoms with Gasteiger partial charge in [-0.3, -0.25) is 4.79 Å². The molecule has 0 spiro atoms. The second-order valence-corrected chi connectivity index (χ2v) is 9.72. The van der Waals surface area contributed by atoms with Crippen molar-refractivity contribution in [3.63, 3.8) is 0 Å². The largest absolute Gasteiger partial charge is 0.496 e. The normalized spacial score (nSPS) is 31.8. The lowest BCUT2D eigenvalue weighted by molar-refractivity contribution is -0.0579. The molecule has 4 aliphatic rings. The van der Waals surface area contributed by atoms with Gasteiger partial charge in [0.25, 0.3) is 5.91 Å². The van der Waals surface area contributed by atoms with Crippen molar-refractivity contribution in [1.29, 1.82) is 0 Å². The zero-order chi connectivity index (χ0) is 18.1. The molecule has 4 fully saturated rings. The van der Waals surface area contributed by atoms with Gasteiger partial charge >= 0.3 is 0 Å². The van der Waals surface area contributed by atoms with Crippen molar-refractivity contribution in [2.45, 2.75) is 56.3 Å². The number of rotatable bonds is 7. The minimum absolute atomic E-state index is 0.0139. The predicted octanol–water partition coefficient (Wildman–Crippen LogP) is 5.14. The number of ether oxygens (including phenoxy) is 1. The second-order valence-electron chi connectivity index (χ2n) is 8.84. The predicted molar refractivity (Wildman–Crippen MR) is 107 cm³/mol. The maximum absolute atomic E-state index is 12.5. The average molecular weight is 374 g/mol. The van der Waals surface area contributed by atoms with Gasteiger partial charge in [0.2, 0.25) is 0 Å². The molecule has 0 atom stereocenters. The van der Waals surface area contributed by atoms with Crippen molar-refractivity contribution in [2.24, 2.45) is 23.2 Å². The number of hydrogen-bond acceptors (Lipinski definition) is 3. The number of carbonyl (C=O) groups is 1. The lowest BCUT2D eigenvalue weighted by Crippen LogP contribution is -2.46. The molecular weight excluding hydrogens is 342 g/mol. The van der Waals surface area contributed by atoms with Gasteiger partial charge in [0, 0.05) is 11.4 Å². The Morgan fingerprint density at radius 1 is 1.19 bits per heavy atom. The first-order valence-corrected chi connectivity index (χ1v) is 11.3. The third-order valence-corrected chi connectivity index (χ3v) is 7.71. The van der Waals surface area contributed by atoms with Crippen LogP contribution in [0.4, 0.5) is 0 Å². The summed E-state index contributed by atoms with van der Waals surface area (Å²) in [7, 11) is 1.63. The van der Waals surface area contributed by atoms with E-state index in [9.17, 15) is 4.79 Å². The van der Waals surface area contributed by atoms with Crippen molar-refractivity contribution in [3.05, 3.63) is 23.8 Å². The van der Waals surface area contributed by atoms with E-state index >= 15 is 0 Å². The lowest BCUT2D eigenvalue weighted by atomic mass is 9.48. The maximum atomic E-state index is 12.5. The van der Waals surface area contributed by atoms with Crippen molar-refractivity contribution in [3.8, 4) is 5.75 Å². The number of amides is 1. The third kappa shape index (κ3) is 3.62. The molecule has 5 rings (SSSR count). The molecule has 0 heterocycles. The summed E-state index contributed by atoms with van der Waals surface area (Å²) in [6.07, 6.45) is 13.3. The Morgan fingerprint density at radius 3 is 2.42 bits per heavy atom. The first-order valence-electron chi connectivity index (χ1n) is 10.1. The van der Waals surface area contributed by atoms with Crippen molar-refractivity contribution < 1.29 is 9.53 Å². The van der Waals surface area contributed by atoms with Crippen molar-refractivity contribution >= 4 is 17.7 Å². The van der Waals surface area contributed by atoms with Crippen molar-refractivity contribution in [2.75, 3.05) is 19.9 Å². The fourth-order valence-electron chi connectivity index (χ4n) is 6.34. The summed E-state index contributed by atoms with van der Waals surface area (Å²) in [6, 6.07) is 5.80. The Morgan fingerprint density at radius 2 is 1.85 bits per heavy atom. The molecule has 1 N–H and O–H groups in total. The molecule has 0 saturated heterocycles. The van der Waals surface area contributed by atoms with E-state index in [0.717, 1.165) is 35.6 Å². The van der Waals surface area contributed by atoms with Crippen molar-refractivity contribution in [1.82, 2.24) is 5.32 Å². The summed E-state index contributed by atoms with van der Waals surface area (Å²) in [5.74, 6) is 3.68. The highest BCUT2D eigenvalue weighted by atomic mass is 32.2.